The van der Waals surface area contributed by atoms with Gasteiger partial charge in [0, 0.05) is 12.2 Å². The molecule has 0 unspecified atom stereocenters. The molecule has 0 fully saturated rings. The molecule has 0 bridgehead atoms. The Morgan fingerprint density at radius 3 is 2.81 bits per heavy atom. The SMILES string of the molecule is Cc1ccc(CN[C@H](C)c2ccccn2)o1. The van der Waals surface area contributed by atoms with Gasteiger partial charge in [0.1, 0.15) is 11.5 Å². The van der Waals surface area contributed by atoms with E-state index < -0.39 is 0 Å². The molecule has 0 radical (unpaired) electrons. The molecule has 0 spiro atoms. The van der Waals surface area contributed by atoms with Gasteiger partial charge in [-0.3, -0.25) is 4.98 Å². The highest BCUT2D eigenvalue weighted by Crippen LogP contribution is 2.11. The third kappa shape index (κ3) is 2.70. The highest BCUT2D eigenvalue weighted by molar-refractivity contribution is 5.09. The molecule has 0 saturated carbocycles. The van der Waals surface area contributed by atoms with Gasteiger partial charge in [-0.1, -0.05) is 6.07 Å². The normalized spacial score (nSPS) is 12.6. The van der Waals surface area contributed by atoms with Crippen molar-refractivity contribution < 1.29 is 4.42 Å². The predicted octanol–water partition coefficient (Wildman–Crippen LogP) is 2.83. The summed E-state index contributed by atoms with van der Waals surface area (Å²) < 4.78 is 5.49. The molecule has 3 nitrogen and oxygen atoms in total. The van der Waals surface area contributed by atoms with E-state index in [4.69, 9.17) is 4.42 Å². The maximum absolute atomic E-state index is 5.49. The van der Waals surface area contributed by atoms with Crippen molar-refractivity contribution in [2.24, 2.45) is 0 Å². The van der Waals surface area contributed by atoms with Gasteiger partial charge >= 0.3 is 0 Å². The first-order valence-electron chi connectivity index (χ1n) is 5.45. The highest BCUT2D eigenvalue weighted by atomic mass is 16.3. The number of pyridine rings is 1. The van der Waals surface area contributed by atoms with Crippen LogP contribution in [0.25, 0.3) is 0 Å². The van der Waals surface area contributed by atoms with Crippen molar-refractivity contribution in [3.05, 3.63) is 53.7 Å². The fourth-order valence-corrected chi connectivity index (χ4v) is 1.57. The van der Waals surface area contributed by atoms with Crippen LogP contribution in [0.4, 0.5) is 0 Å². The number of aromatic nitrogens is 1. The molecule has 2 aromatic heterocycles. The molecule has 2 rings (SSSR count). The third-order valence-corrected chi connectivity index (χ3v) is 2.51. The van der Waals surface area contributed by atoms with Crippen LogP contribution in [0.15, 0.2) is 40.9 Å². The maximum Gasteiger partial charge on any atom is 0.117 e. The molecule has 0 amide bonds. The van der Waals surface area contributed by atoms with Crippen molar-refractivity contribution in [1.29, 1.82) is 0 Å². The molecular formula is C13H16N2O. The first-order chi connectivity index (χ1) is 7.75. The van der Waals surface area contributed by atoms with Crippen LogP contribution in [0.2, 0.25) is 0 Å². The molecule has 0 saturated heterocycles. The summed E-state index contributed by atoms with van der Waals surface area (Å²) in [5.41, 5.74) is 1.05. The maximum atomic E-state index is 5.49. The van der Waals surface area contributed by atoms with E-state index in [9.17, 15) is 0 Å². The summed E-state index contributed by atoms with van der Waals surface area (Å²) in [6.45, 7) is 4.77. The van der Waals surface area contributed by atoms with E-state index in [1.54, 1.807) is 0 Å². The lowest BCUT2D eigenvalue weighted by Crippen LogP contribution is -2.18. The molecule has 2 aromatic rings. The lowest BCUT2D eigenvalue weighted by Gasteiger charge is -2.11. The summed E-state index contributed by atoms with van der Waals surface area (Å²) in [6, 6.07) is 10.1. The second-order valence-electron chi connectivity index (χ2n) is 3.87. The molecule has 3 heteroatoms. The highest BCUT2D eigenvalue weighted by Gasteiger charge is 2.06. The summed E-state index contributed by atoms with van der Waals surface area (Å²) in [7, 11) is 0. The quantitative estimate of drug-likeness (QED) is 0.854. The monoisotopic (exact) mass is 216 g/mol. The van der Waals surface area contributed by atoms with Crippen LogP contribution in [0, 0.1) is 6.92 Å². The van der Waals surface area contributed by atoms with Gasteiger partial charge < -0.3 is 9.73 Å². The minimum Gasteiger partial charge on any atom is -0.465 e. The molecule has 0 aliphatic rings. The van der Waals surface area contributed by atoms with Gasteiger partial charge in [0.25, 0.3) is 0 Å². The van der Waals surface area contributed by atoms with Crippen LogP contribution < -0.4 is 5.32 Å². The van der Waals surface area contributed by atoms with Crippen molar-refractivity contribution in [1.82, 2.24) is 10.3 Å². The molecule has 84 valence electrons. The van der Waals surface area contributed by atoms with Crippen LogP contribution in [0.3, 0.4) is 0 Å². The summed E-state index contributed by atoms with van der Waals surface area (Å²) in [6.07, 6.45) is 1.81. The average molecular weight is 216 g/mol. The standard InChI is InChI=1S/C13H16N2O/c1-10-6-7-12(16-10)9-15-11(2)13-5-3-4-8-14-13/h3-8,11,15H,9H2,1-2H3/t11-/m1/s1. The fraction of sp³-hybridized carbons (Fsp3) is 0.308. The summed E-state index contributed by atoms with van der Waals surface area (Å²) in [5, 5.41) is 3.37. The molecule has 2 heterocycles. The Hall–Kier alpha value is -1.61. The van der Waals surface area contributed by atoms with Crippen molar-refractivity contribution >= 4 is 0 Å². The lowest BCUT2D eigenvalue weighted by molar-refractivity contribution is 0.442. The van der Waals surface area contributed by atoms with Crippen LogP contribution in [-0.4, -0.2) is 4.98 Å². The topological polar surface area (TPSA) is 38.1 Å². The first kappa shape index (κ1) is 10.9. The first-order valence-corrected chi connectivity index (χ1v) is 5.45. The second-order valence-corrected chi connectivity index (χ2v) is 3.87. The van der Waals surface area contributed by atoms with Crippen LogP contribution in [0.1, 0.15) is 30.2 Å². The minimum atomic E-state index is 0.228. The molecular weight excluding hydrogens is 200 g/mol. The zero-order valence-electron chi connectivity index (χ0n) is 9.60. The number of aryl methyl sites for hydroxylation is 1. The molecule has 16 heavy (non-hydrogen) atoms. The molecule has 0 aliphatic carbocycles. The summed E-state index contributed by atoms with van der Waals surface area (Å²) in [5.74, 6) is 1.91. The molecule has 1 atom stereocenters. The second kappa shape index (κ2) is 4.94. The van der Waals surface area contributed by atoms with Crippen molar-refractivity contribution in [2.75, 3.05) is 0 Å². The molecule has 0 aliphatic heterocycles. The van der Waals surface area contributed by atoms with E-state index >= 15 is 0 Å². The Morgan fingerprint density at radius 1 is 1.31 bits per heavy atom. The summed E-state index contributed by atoms with van der Waals surface area (Å²) >= 11 is 0. The number of nitrogens with one attached hydrogen (secondary N) is 1. The van der Waals surface area contributed by atoms with Crippen molar-refractivity contribution in [3.8, 4) is 0 Å². The van der Waals surface area contributed by atoms with Crippen LogP contribution in [-0.2, 0) is 6.54 Å². The van der Waals surface area contributed by atoms with E-state index in [-0.39, 0.29) is 6.04 Å². The van der Waals surface area contributed by atoms with E-state index in [1.807, 2.05) is 43.5 Å². The van der Waals surface area contributed by atoms with Crippen molar-refractivity contribution in [2.45, 2.75) is 26.4 Å². The number of hydrogen-bond acceptors (Lipinski definition) is 3. The Morgan fingerprint density at radius 2 is 2.19 bits per heavy atom. The average Bonchev–Trinajstić information content (AvgIpc) is 2.73. The third-order valence-electron chi connectivity index (χ3n) is 2.51. The van der Waals surface area contributed by atoms with E-state index in [1.165, 1.54) is 0 Å². The van der Waals surface area contributed by atoms with Gasteiger partial charge in [0.15, 0.2) is 0 Å². The number of nitrogens with zero attached hydrogens (tertiary/aromatic N) is 1. The fourth-order valence-electron chi connectivity index (χ4n) is 1.57. The molecule has 1 N–H and O–H groups in total. The smallest absolute Gasteiger partial charge is 0.117 e. The van der Waals surface area contributed by atoms with Gasteiger partial charge in [0.05, 0.1) is 12.2 Å². The van der Waals surface area contributed by atoms with Gasteiger partial charge in [-0.15, -0.1) is 0 Å². The van der Waals surface area contributed by atoms with Crippen LogP contribution in [0.5, 0.6) is 0 Å². The van der Waals surface area contributed by atoms with E-state index in [0.29, 0.717) is 0 Å². The number of rotatable bonds is 4. The zero-order chi connectivity index (χ0) is 11.4. The van der Waals surface area contributed by atoms with Gasteiger partial charge in [0.2, 0.25) is 0 Å². The number of furan rings is 1. The van der Waals surface area contributed by atoms with Gasteiger partial charge in [-0.05, 0) is 38.1 Å². The predicted molar refractivity (Wildman–Crippen MR) is 62.9 cm³/mol. The van der Waals surface area contributed by atoms with E-state index in [2.05, 4.69) is 17.2 Å². The van der Waals surface area contributed by atoms with Gasteiger partial charge in [-0.25, -0.2) is 0 Å². The Balaban J connectivity index is 1.91. The largest absolute Gasteiger partial charge is 0.465 e. The Bertz CT molecular complexity index is 436. The van der Waals surface area contributed by atoms with E-state index in [0.717, 1.165) is 23.8 Å². The molecule has 0 aromatic carbocycles. The summed E-state index contributed by atoms with van der Waals surface area (Å²) in [4.78, 5) is 4.30. The number of hydrogen-bond donors (Lipinski definition) is 1. The Kier molecular flexibility index (Phi) is 3.37. The van der Waals surface area contributed by atoms with Crippen molar-refractivity contribution in [3.63, 3.8) is 0 Å². The lowest BCUT2D eigenvalue weighted by atomic mass is 10.2. The Labute approximate surface area is 95.5 Å². The minimum absolute atomic E-state index is 0.228. The zero-order valence-corrected chi connectivity index (χ0v) is 9.60. The van der Waals surface area contributed by atoms with Crippen LogP contribution >= 0.6 is 0 Å². The van der Waals surface area contributed by atoms with Gasteiger partial charge in [-0.2, -0.15) is 0 Å².